The van der Waals surface area contributed by atoms with E-state index in [9.17, 15) is 9.59 Å². The molecule has 0 bridgehead atoms. The van der Waals surface area contributed by atoms with Gasteiger partial charge >= 0.3 is 0 Å². The first-order valence-electron chi connectivity index (χ1n) is 8.10. The van der Waals surface area contributed by atoms with E-state index in [1.807, 2.05) is 9.58 Å². The number of ketones is 1. The molecule has 0 aromatic carbocycles. The SMILES string of the molecule is CCCn1nc(C(=O)N2CCCCC2)c2c1CCC(=O)C2. The summed E-state index contributed by atoms with van der Waals surface area (Å²) in [6.45, 7) is 4.57. The van der Waals surface area contributed by atoms with E-state index in [1.165, 1.54) is 6.42 Å². The summed E-state index contributed by atoms with van der Waals surface area (Å²) >= 11 is 0. The first-order valence-corrected chi connectivity index (χ1v) is 8.10. The Balaban J connectivity index is 1.93. The second-order valence-corrected chi connectivity index (χ2v) is 6.07. The van der Waals surface area contributed by atoms with E-state index >= 15 is 0 Å². The molecule has 114 valence electrons. The molecule has 2 aliphatic rings. The number of rotatable bonds is 3. The Morgan fingerprint density at radius 3 is 2.67 bits per heavy atom. The Labute approximate surface area is 125 Å². The topological polar surface area (TPSA) is 55.2 Å². The Kier molecular flexibility index (Phi) is 4.08. The number of aromatic nitrogens is 2. The van der Waals surface area contributed by atoms with E-state index in [2.05, 4.69) is 12.0 Å². The number of carbonyl (C=O) groups is 2. The van der Waals surface area contributed by atoms with Crippen LogP contribution in [0.3, 0.4) is 0 Å². The molecule has 3 rings (SSSR count). The van der Waals surface area contributed by atoms with Crippen LogP contribution < -0.4 is 0 Å². The number of nitrogens with zero attached hydrogens (tertiary/aromatic N) is 3. The molecule has 1 fully saturated rings. The van der Waals surface area contributed by atoms with Crippen molar-refractivity contribution < 1.29 is 9.59 Å². The molecule has 1 aromatic rings. The van der Waals surface area contributed by atoms with E-state index in [0.717, 1.165) is 56.6 Å². The summed E-state index contributed by atoms with van der Waals surface area (Å²) in [5, 5.41) is 4.56. The first-order chi connectivity index (χ1) is 10.2. The lowest BCUT2D eigenvalue weighted by atomic mass is 9.94. The number of hydrogen-bond acceptors (Lipinski definition) is 3. The van der Waals surface area contributed by atoms with Crippen LogP contribution in [-0.2, 0) is 24.2 Å². The van der Waals surface area contributed by atoms with Gasteiger partial charge in [-0.2, -0.15) is 5.10 Å². The number of amides is 1. The van der Waals surface area contributed by atoms with Crippen LogP contribution >= 0.6 is 0 Å². The molecule has 1 aliphatic heterocycles. The van der Waals surface area contributed by atoms with E-state index in [-0.39, 0.29) is 11.7 Å². The smallest absolute Gasteiger partial charge is 0.274 e. The number of Topliss-reactive ketones (excluding diaryl/α,β-unsaturated/α-hetero) is 1. The molecule has 5 heteroatoms. The van der Waals surface area contributed by atoms with Crippen LogP contribution in [-0.4, -0.2) is 39.5 Å². The van der Waals surface area contributed by atoms with Crippen molar-refractivity contribution in [3.63, 3.8) is 0 Å². The van der Waals surface area contributed by atoms with Gasteiger partial charge < -0.3 is 4.90 Å². The lowest BCUT2D eigenvalue weighted by Crippen LogP contribution is -2.36. The molecule has 1 amide bonds. The molecule has 0 unspecified atom stereocenters. The summed E-state index contributed by atoms with van der Waals surface area (Å²) in [5.74, 6) is 0.252. The molecule has 0 spiro atoms. The van der Waals surface area contributed by atoms with Crippen molar-refractivity contribution in [2.45, 2.75) is 58.4 Å². The van der Waals surface area contributed by atoms with Crippen LogP contribution in [0.5, 0.6) is 0 Å². The Bertz CT molecular complexity index is 556. The monoisotopic (exact) mass is 289 g/mol. The van der Waals surface area contributed by atoms with Gasteiger partial charge in [-0.1, -0.05) is 6.92 Å². The lowest BCUT2D eigenvalue weighted by molar-refractivity contribution is -0.118. The van der Waals surface area contributed by atoms with E-state index in [1.54, 1.807) is 0 Å². The summed E-state index contributed by atoms with van der Waals surface area (Å²) in [4.78, 5) is 26.4. The van der Waals surface area contributed by atoms with Crippen LogP contribution in [0.2, 0.25) is 0 Å². The van der Waals surface area contributed by atoms with E-state index in [4.69, 9.17) is 0 Å². The zero-order chi connectivity index (χ0) is 14.8. The van der Waals surface area contributed by atoms with Gasteiger partial charge in [-0.3, -0.25) is 14.3 Å². The third-order valence-corrected chi connectivity index (χ3v) is 4.46. The van der Waals surface area contributed by atoms with Gasteiger partial charge in [-0.25, -0.2) is 0 Å². The van der Waals surface area contributed by atoms with Crippen molar-refractivity contribution >= 4 is 11.7 Å². The quantitative estimate of drug-likeness (QED) is 0.855. The molecule has 1 saturated heterocycles. The predicted octanol–water partition coefficient (Wildman–Crippen LogP) is 1.98. The number of aryl methyl sites for hydroxylation is 1. The van der Waals surface area contributed by atoms with Gasteiger partial charge in [0.15, 0.2) is 5.69 Å². The maximum Gasteiger partial charge on any atom is 0.274 e. The Morgan fingerprint density at radius 1 is 1.19 bits per heavy atom. The van der Waals surface area contributed by atoms with Crippen molar-refractivity contribution in [2.24, 2.45) is 0 Å². The highest BCUT2D eigenvalue weighted by Crippen LogP contribution is 2.25. The van der Waals surface area contributed by atoms with Gasteiger partial charge in [0.25, 0.3) is 5.91 Å². The summed E-state index contributed by atoms with van der Waals surface area (Å²) in [7, 11) is 0. The van der Waals surface area contributed by atoms with Gasteiger partial charge in [0, 0.05) is 43.7 Å². The minimum Gasteiger partial charge on any atom is -0.337 e. The second-order valence-electron chi connectivity index (χ2n) is 6.07. The molecule has 0 atom stereocenters. The lowest BCUT2D eigenvalue weighted by Gasteiger charge is -2.26. The van der Waals surface area contributed by atoms with Gasteiger partial charge in [0.1, 0.15) is 5.78 Å². The highest BCUT2D eigenvalue weighted by atomic mass is 16.2. The minimum absolute atomic E-state index is 0.0236. The number of hydrogen-bond donors (Lipinski definition) is 0. The van der Waals surface area contributed by atoms with Crippen LogP contribution in [0.25, 0.3) is 0 Å². The van der Waals surface area contributed by atoms with Crippen molar-refractivity contribution in [2.75, 3.05) is 13.1 Å². The average molecular weight is 289 g/mol. The Morgan fingerprint density at radius 2 is 1.95 bits per heavy atom. The van der Waals surface area contributed by atoms with Crippen LogP contribution in [0, 0.1) is 0 Å². The predicted molar refractivity (Wildman–Crippen MR) is 79.3 cm³/mol. The molecular weight excluding hydrogens is 266 g/mol. The van der Waals surface area contributed by atoms with E-state index < -0.39 is 0 Å². The standard InChI is InChI=1S/C16H23N3O2/c1-2-8-19-14-7-6-12(20)11-13(14)15(17-19)16(21)18-9-4-3-5-10-18/h2-11H2,1H3. The number of fused-ring (bicyclic) bond motifs is 1. The second kappa shape index (κ2) is 6.00. The molecule has 0 radical (unpaired) electrons. The fraction of sp³-hybridized carbons (Fsp3) is 0.688. The van der Waals surface area contributed by atoms with Crippen molar-refractivity contribution in [1.82, 2.24) is 14.7 Å². The average Bonchev–Trinajstić information content (AvgIpc) is 2.86. The largest absolute Gasteiger partial charge is 0.337 e. The molecule has 2 heterocycles. The summed E-state index contributed by atoms with van der Waals surface area (Å²) in [5.41, 5.74) is 2.54. The highest BCUT2D eigenvalue weighted by molar-refractivity contribution is 5.96. The third-order valence-electron chi connectivity index (χ3n) is 4.46. The van der Waals surface area contributed by atoms with Crippen molar-refractivity contribution in [3.05, 3.63) is 17.0 Å². The maximum absolute atomic E-state index is 12.7. The normalized spacial score (nSPS) is 18.7. The maximum atomic E-state index is 12.7. The third kappa shape index (κ3) is 2.74. The summed E-state index contributed by atoms with van der Waals surface area (Å²) in [6, 6.07) is 0. The molecular formula is C16H23N3O2. The summed E-state index contributed by atoms with van der Waals surface area (Å²) < 4.78 is 1.96. The molecule has 0 saturated carbocycles. The van der Waals surface area contributed by atoms with Crippen LogP contribution in [0.15, 0.2) is 0 Å². The molecule has 1 aromatic heterocycles. The zero-order valence-corrected chi connectivity index (χ0v) is 12.7. The number of carbonyl (C=O) groups excluding carboxylic acids is 2. The van der Waals surface area contributed by atoms with Gasteiger partial charge in [0.2, 0.25) is 0 Å². The first kappa shape index (κ1) is 14.3. The fourth-order valence-corrected chi connectivity index (χ4v) is 3.36. The summed E-state index contributed by atoms with van der Waals surface area (Å²) in [6.07, 6.45) is 6.03. The molecule has 21 heavy (non-hydrogen) atoms. The van der Waals surface area contributed by atoms with Gasteiger partial charge in [-0.15, -0.1) is 0 Å². The van der Waals surface area contributed by atoms with Crippen molar-refractivity contribution in [1.29, 1.82) is 0 Å². The number of piperidine rings is 1. The zero-order valence-electron chi connectivity index (χ0n) is 12.7. The van der Waals surface area contributed by atoms with E-state index in [0.29, 0.717) is 18.5 Å². The fourth-order valence-electron chi connectivity index (χ4n) is 3.36. The number of likely N-dealkylation sites (tertiary alicyclic amines) is 1. The van der Waals surface area contributed by atoms with Gasteiger partial charge in [0.05, 0.1) is 0 Å². The highest BCUT2D eigenvalue weighted by Gasteiger charge is 2.30. The van der Waals surface area contributed by atoms with Gasteiger partial charge in [-0.05, 0) is 32.1 Å². The van der Waals surface area contributed by atoms with Crippen LogP contribution in [0.4, 0.5) is 0 Å². The minimum atomic E-state index is 0.0236. The molecule has 1 aliphatic carbocycles. The molecule has 0 N–H and O–H groups in total. The molecule has 5 nitrogen and oxygen atoms in total. The van der Waals surface area contributed by atoms with Crippen LogP contribution in [0.1, 0.15) is 60.8 Å². The Hall–Kier alpha value is -1.65. The van der Waals surface area contributed by atoms with Crippen molar-refractivity contribution in [3.8, 4) is 0 Å².